The quantitative estimate of drug-likeness (QED) is 0.604. The van der Waals surface area contributed by atoms with Crippen molar-refractivity contribution < 1.29 is 9.90 Å². The summed E-state index contributed by atoms with van der Waals surface area (Å²) in [5.41, 5.74) is 1.23. The Bertz CT molecular complexity index is 262. The third-order valence-corrected chi connectivity index (χ3v) is 3.52. The van der Waals surface area contributed by atoms with E-state index in [1.54, 1.807) is 10.8 Å². The van der Waals surface area contributed by atoms with Crippen LogP contribution >= 0.6 is 21.6 Å². The Balaban J connectivity index is 2.17. The van der Waals surface area contributed by atoms with Gasteiger partial charge in [-0.2, -0.15) is 0 Å². The minimum atomic E-state index is -0.759. The maximum atomic E-state index is 10.2. The molecular formula is C9H10O2S2. The van der Waals surface area contributed by atoms with E-state index in [0.717, 1.165) is 5.75 Å². The molecule has 70 valence electrons. The van der Waals surface area contributed by atoms with Gasteiger partial charge in [-0.3, -0.25) is 4.79 Å². The summed E-state index contributed by atoms with van der Waals surface area (Å²) in [6, 6.07) is 10.0. The summed E-state index contributed by atoms with van der Waals surface area (Å²) in [6.45, 7) is 0. The van der Waals surface area contributed by atoms with E-state index in [2.05, 4.69) is 0 Å². The van der Waals surface area contributed by atoms with Gasteiger partial charge >= 0.3 is 5.97 Å². The molecule has 0 amide bonds. The van der Waals surface area contributed by atoms with Crippen LogP contribution in [0.2, 0.25) is 0 Å². The van der Waals surface area contributed by atoms with Crippen molar-refractivity contribution >= 4 is 27.6 Å². The van der Waals surface area contributed by atoms with E-state index in [1.807, 2.05) is 30.3 Å². The highest BCUT2D eigenvalue weighted by atomic mass is 33.1. The van der Waals surface area contributed by atoms with E-state index < -0.39 is 5.97 Å². The van der Waals surface area contributed by atoms with Crippen LogP contribution in [0.4, 0.5) is 0 Å². The van der Waals surface area contributed by atoms with Crippen LogP contribution in [-0.4, -0.2) is 16.8 Å². The maximum absolute atomic E-state index is 10.2. The van der Waals surface area contributed by atoms with Crippen molar-refractivity contribution in [3.8, 4) is 0 Å². The summed E-state index contributed by atoms with van der Waals surface area (Å²) >= 11 is 0. The molecule has 0 atom stereocenters. The zero-order valence-corrected chi connectivity index (χ0v) is 8.61. The first-order valence-corrected chi connectivity index (χ1v) is 6.28. The monoisotopic (exact) mass is 214 g/mol. The summed E-state index contributed by atoms with van der Waals surface area (Å²) < 4.78 is 0. The molecule has 0 fully saturated rings. The third kappa shape index (κ3) is 4.85. The topological polar surface area (TPSA) is 37.3 Å². The van der Waals surface area contributed by atoms with Gasteiger partial charge in [0.2, 0.25) is 0 Å². The molecule has 0 aliphatic carbocycles. The van der Waals surface area contributed by atoms with Gasteiger partial charge in [0.05, 0.1) is 0 Å². The lowest BCUT2D eigenvalue weighted by Crippen LogP contribution is -1.95. The van der Waals surface area contributed by atoms with Crippen LogP contribution in [0.15, 0.2) is 30.3 Å². The van der Waals surface area contributed by atoms with E-state index in [4.69, 9.17) is 5.11 Å². The van der Waals surface area contributed by atoms with E-state index in [0.29, 0.717) is 0 Å². The van der Waals surface area contributed by atoms with Gasteiger partial charge in [-0.1, -0.05) is 51.9 Å². The number of benzene rings is 1. The van der Waals surface area contributed by atoms with Crippen LogP contribution in [0.3, 0.4) is 0 Å². The molecule has 0 spiro atoms. The van der Waals surface area contributed by atoms with Crippen LogP contribution in [-0.2, 0) is 10.5 Å². The number of hydrogen-bond donors (Lipinski definition) is 1. The second kappa shape index (κ2) is 5.94. The highest BCUT2D eigenvalue weighted by Crippen LogP contribution is 2.25. The smallest absolute Gasteiger partial charge is 0.314 e. The molecule has 0 radical (unpaired) electrons. The van der Waals surface area contributed by atoms with Crippen molar-refractivity contribution in [3.05, 3.63) is 35.9 Å². The number of carbonyl (C=O) groups is 1. The van der Waals surface area contributed by atoms with Gasteiger partial charge in [-0.25, -0.2) is 0 Å². The normalized spacial score (nSPS) is 9.85. The summed E-state index contributed by atoms with van der Waals surface area (Å²) in [5.74, 6) is 0.265. The van der Waals surface area contributed by atoms with Gasteiger partial charge in [-0.05, 0) is 5.56 Å². The molecule has 1 aromatic carbocycles. The van der Waals surface area contributed by atoms with Crippen LogP contribution in [0, 0.1) is 0 Å². The Morgan fingerprint density at radius 1 is 1.23 bits per heavy atom. The minimum absolute atomic E-state index is 0.164. The summed E-state index contributed by atoms with van der Waals surface area (Å²) in [4.78, 5) is 10.2. The van der Waals surface area contributed by atoms with Crippen molar-refractivity contribution in [2.75, 3.05) is 5.75 Å². The number of aliphatic carboxylic acids is 1. The minimum Gasteiger partial charge on any atom is -0.481 e. The lowest BCUT2D eigenvalue weighted by molar-refractivity contribution is -0.133. The Hall–Kier alpha value is -0.610. The van der Waals surface area contributed by atoms with Crippen molar-refractivity contribution in [1.82, 2.24) is 0 Å². The lowest BCUT2D eigenvalue weighted by Gasteiger charge is -1.98. The molecule has 0 aromatic heterocycles. The summed E-state index contributed by atoms with van der Waals surface area (Å²) in [6.07, 6.45) is 0. The van der Waals surface area contributed by atoms with Gasteiger partial charge in [0.25, 0.3) is 0 Å². The number of hydrogen-bond acceptors (Lipinski definition) is 3. The highest BCUT2D eigenvalue weighted by Gasteiger charge is 1.97. The molecule has 1 N–H and O–H groups in total. The average Bonchev–Trinajstić information content (AvgIpc) is 2.14. The van der Waals surface area contributed by atoms with Gasteiger partial charge in [0.15, 0.2) is 0 Å². The molecule has 0 saturated carbocycles. The summed E-state index contributed by atoms with van der Waals surface area (Å²) in [7, 11) is 2.94. The van der Waals surface area contributed by atoms with E-state index in [-0.39, 0.29) is 5.75 Å². The fourth-order valence-electron chi connectivity index (χ4n) is 0.776. The van der Waals surface area contributed by atoms with E-state index in [1.165, 1.54) is 16.4 Å². The number of rotatable bonds is 5. The van der Waals surface area contributed by atoms with Gasteiger partial charge in [-0.15, -0.1) is 0 Å². The predicted octanol–water partition coefficient (Wildman–Crippen LogP) is 2.65. The Morgan fingerprint density at radius 3 is 2.54 bits per heavy atom. The average molecular weight is 214 g/mol. The van der Waals surface area contributed by atoms with Gasteiger partial charge < -0.3 is 5.11 Å². The first-order chi connectivity index (χ1) is 6.29. The SMILES string of the molecule is O=C(O)CSSCc1ccccc1. The second-order valence-electron chi connectivity index (χ2n) is 2.40. The molecule has 0 aliphatic rings. The molecule has 0 unspecified atom stereocenters. The Morgan fingerprint density at radius 2 is 1.92 bits per heavy atom. The van der Waals surface area contributed by atoms with Crippen LogP contribution in [0.25, 0.3) is 0 Å². The first-order valence-electron chi connectivity index (χ1n) is 3.79. The molecule has 0 bridgehead atoms. The zero-order chi connectivity index (χ0) is 9.52. The van der Waals surface area contributed by atoms with Gasteiger partial charge in [0, 0.05) is 5.75 Å². The van der Waals surface area contributed by atoms with Gasteiger partial charge in [0.1, 0.15) is 5.75 Å². The standard InChI is InChI=1S/C9H10O2S2/c10-9(11)7-13-12-6-8-4-2-1-3-5-8/h1-5H,6-7H2,(H,10,11). The van der Waals surface area contributed by atoms with Crippen molar-refractivity contribution in [1.29, 1.82) is 0 Å². The fraction of sp³-hybridized carbons (Fsp3) is 0.222. The second-order valence-corrected chi connectivity index (χ2v) is 4.87. The summed E-state index contributed by atoms with van der Waals surface area (Å²) in [5, 5.41) is 8.38. The first kappa shape index (κ1) is 10.5. The number of carboxylic acids is 1. The van der Waals surface area contributed by atoms with Crippen molar-refractivity contribution in [2.45, 2.75) is 5.75 Å². The molecule has 0 saturated heterocycles. The van der Waals surface area contributed by atoms with E-state index in [9.17, 15) is 4.79 Å². The van der Waals surface area contributed by atoms with E-state index >= 15 is 0 Å². The molecule has 0 heterocycles. The van der Waals surface area contributed by atoms with Crippen LogP contribution in [0.5, 0.6) is 0 Å². The highest BCUT2D eigenvalue weighted by molar-refractivity contribution is 8.76. The fourth-order valence-corrected chi connectivity index (χ4v) is 2.58. The molecular weight excluding hydrogens is 204 g/mol. The Labute approximate surface area is 85.1 Å². The van der Waals surface area contributed by atoms with Crippen molar-refractivity contribution in [3.63, 3.8) is 0 Å². The molecule has 13 heavy (non-hydrogen) atoms. The number of carboxylic acid groups (broad SMARTS) is 1. The maximum Gasteiger partial charge on any atom is 0.314 e. The third-order valence-electron chi connectivity index (χ3n) is 1.33. The molecule has 2 nitrogen and oxygen atoms in total. The van der Waals surface area contributed by atoms with Crippen LogP contribution in [0.1, 0.15) is 5.56 Å². The molecule has 1 rings (SSSR count). The Kier molecular flexibility index (Phi) is 4.78. The zero-order valence-electron chi connectivity index (χ0n) is 6.97. The van der Waals surface area contributed by atoms with Crippen LogP contribution < -0.4 is 0 Å². The largest absolute Gasteiger partial charge is 0.481 e. The lowest BCUT2D eigenvalue weighted by atomic mass is 10.2. The van der Waals surface area contributed by atoms with Crippen molar-refractivity contribution in [2.24, 2.45) is 0 Å². The molecule has 0 aliphatic heterocycles. The molecule has 4 heteroatoms. The molecule has 1 aromatic rings. The predicted molar refractivity (Wildman–Crippen MR) is 57.8 cm³/mol.